The summed E-state index contributed by atoms with van der Waals surface area (Å²) in [7, 11) is 0. The summed E-state index contributed by atoms with van der Waals surface area (Å²) >= 11 is 0. The highest BCUT2D eigenvalue weighted by molar-refractivity contribution is 6.05. The van der Waals surface area contributed by atoms with Crippen molar-refractivity contribution in [2.24, 2.45) is 5.41 Å². The first-order valence-corrected chi connectivity index (χ1v) is 17.6. The zero-order chi connectivity index (χ0) is 32.9. The summed E-state index contributed by atoms with van der Waals surface area (Å²) in [6.07, 6.45) is 18.4. The highest BCUT2D eigenvalue weighted by Gasteiger charge is 2.51. The fourth-order valence-corrected chi connectivity index (χ4v) is 9.74. The molecule has 232 valence electrons. The Morgan fingerprint density at radius 2 is 0.640 bits per heavy atom. The average Bonchev–Trinajstić information content (AvgIpc) is 3.92. The van der Waals surface area contributed by atoms with Crippen molar-refractivity contribution in [3.8, 4) is 22.3 Å². The molecule has 0 saturated carbocycles. The number of hydrogen-bond acceptors (Lipinski definition) is 0. The van der Waals surface area contributed by atoms with Gasteiger partial charge in [-0.25, -0.2) is 0 Å². The molecule has 50 heavy (non-hydrogen) atoms. The molecule has 0 N–H and O–H groups in total. The first-order valence-electron chi connectivity index (χ1n) is 17.6. The van der Waals surface area contributed by atoms with Crippen LogP contribution in [0.3, 0.4) is 0 Å². The van der Waals surface area contributed by atoms with E-state index >= 15 is 0 Å². The molecule has 12 rings (SSSR count). The van der Waals surface area contributed by atoms with E-state index in [-0.39, 0.29) is 10.8 Å². The fraction of sp³-hybridized carbons (Fsp3) is 0.0400. The van der Waals surface area contributed by atoms with E-state index in [1.165, 1.54) is 89.1 Å². The molecule has 6 aliphatic rings. The van der Waals surface area contributed by atoms with Crippen molar-refractivity contribution in [2.45, 2.75) is 5.41 Å². The Bertz CT molecular complexity index is 2370. The predicted molar refractivity (Wildman–Crippen MR) is 208 cm³/mol. The molecule has 0 bridgehead atoms. The highest BCUT2D eigenvalue weighted by atomic mass is 14.5. The highest BCUT2D eigenvalue weighted by Crippen LogP contribution is 2.63. The lowest BCUT2D eigenvalue weighted by Gasteiger charge is -2.36. The van der Waals surface area contributed by atoms with Gasteiger partial charge >= 0.3 is 0 Å². The smallest absolute Gasteiger partial charge is 0.0657 e. The van der Waals surface area contributed by atoms with Crippen LogP contribution in [0.15, 0.2) is 193 Å². The van der Waals surface area contributed by atoms with Gasteiger partial charge in [0.15, 0.2) is 0 Å². The van der Waals surface area contributed by atoms with Crippen molar-refractivity contribution in [2.75, 3.05) is 0 Å². The molecule has 0 nitrogen and oxygen atoms in total. The Hall–Kier alpha value is -6.24. The lowest BCUT2D eigenvalue weighted by molar-refractivity contribution is 0.754. The first-order chi connectivity index (χ1) is 24.8. The van der Waals surface area contributed by atoms with Gasteiger partial charge in [0.1, 0.15) is 0 Å². The standard InChI is InChI=1S/2C25H16/c1-5-13-21-17(9-1)18-10-2-6-14-22(18)25(21)23-15-7-3-11-19(23)20-12-4-8-16-24(20)25;1-3-9-19-17(7-1)15-23-21(19)11-5-13-25(23)14-6-12-22-20-10-4-2-8-18(20)16-24(22)25/h2*1-16H. The van der Waals surface area contributed by atoms with Crippen molar-refractivity contribution in [1.29, 1.82) is 0 Å². The zero-order valence-electron chi connectivity index (χ0n) is 27.5. The van der Waals surface area contributed by atoms with Crippen LogP contribution in [-0.2, 0) is 5.41 Å². The number of allylic oxidation sites excluding steroid dienone is 10. The molecule has 6 aromatic rings. The molecule has 0 saturated heterocycles. The van der Waals surface area contributed by atoms with Crippen LogP contribution < -0.4 is 0 Å². The minimum absolute atomic E-state index is 0.161. The Labute approximate surface area is 293 Å². The van der Waals surface area contributed by atoms with E-state index in [0.717, 1.165) is 0 Å². The molecule has 0 heteroatoms. The molecule has 2 spiro atoms. The first kappa shape index (κ1) is 27.7. The van der Waals surface area contributed by atoms with Gasteiger partial charge in [-0.05, 0) is 101 Å². The van der Waals surface area contributed by atoms with E-state index in [9.17, 15) is 0 Å². The topological polar surface area (TPSA) is 0 Å². The van der Waals surface area contributed by atoms with Gasteiger partial charge in [0.05, 0.1) is 10.8 Å². The van der Waals surface area contributed by atoms with Crippen LogP contribution in [0.4, 0.5) is 0 Å². The van der Waals surface area contributed by atoms with Crippen LogP contribution >= 0.6 is 0 Å². The lowest BCUT2D eigenvalue weighted by atomic mass is 9.65. The van der Waals surface area contributed by atoms with E-state index in [1.54, 1.807) is 0 Å². The minimum atomic E-state index is -0.180. The largest absolute Gasteiger partial charge is 0.0725 e. The maximum atomic E-state index is 2.38. The van der Waals surface area contributed by atoms with Crippen LogP contribution in [0.25, 0.3) is 45.6 Å². The van der Waals surface area contributed by atoms with Crippen molar-refractivity contribution < 1.29 is 0 Å². The normalized spacial score (nSPS) is 17.4. The van der Waals surface area contributed by atoms with E-state index in [2.05, 4.69) is 194 Å². The van der Waals surface area contributed by atoms with E-state index in [0.29, 0.717) is 0 Å². The number of hydrogen-bond donors (Lipinski definition) is 0. The second-order valence-corrected chi connectivity index (χ2v) is 14.0. The summed E-state index contributed by atoms with van der Waals surface area (Å²) in [5.74, 6) is 0. The number of fused-ring (bicyclic) bond motifs is 18. The van der Waals surface area contributed by atoms with E-state index < -0.39 is 0 Å². The monoisotopic (exact) mass is 632 g/mol. The SMILES string of the molecule is C1=CC2(C=CC=C3C2=Cc2ccccc23)C2=Cc3ccccc3C2=C1.c1ccc2c(c1)-c1ccccc1C21c2ccccc2-c2ccccc21. The van der Waals surface area contributed by atoms with Gasteiger partial charge in [0.25, 0.3) is 0 Å². The molecular formula is C50H32. The van der Waals surface area contributed by atoms with Crippen molar-refractivity contribution >= 4 is 23.3 Å². The maximum Gasteiger partial charge on any atom is 0.0725 e. The second kappa shape index (κ2) is 10.1. The van der Waals surface area contributed by atoms with E-state index in [4.69, 9.17) is 0 Å². The number of benzene rings is 6. The number of rotatable bonds is 0. The predicted octanol–water partition coefficient (Wildman–Crippen LogP) is 12.1. The Kier molecular flexibility index (Phi) is 5.61. The summed E-state index contributed by atoms with van der Waals surface area (Å²) < 4.78 is 0. The van der Waals surface area contributed by atoms with Gasteiger partial charge in [-0.15, -0.1) is 0 Å². The lowest BCUT2D eigenvalue weighted by Crippen LogP contribution is -2.25. The molecule has 6 aromatic carbocycles. The summed E-state index contributed by atoms with van der Waals surface area (Å²) in [6, 6.07) is 53.1. The van der Waals surface area contributed by atoms with Crippen LogP contribution in [0.2, 0.25) is 0 Å². The molecule has 0 radical (unpaired) electrons. The maximum absolute atomic E-state index is 2.38. The van der Waals surface area contributed by atoms with E-state index in [1.807, 2.05) is 0 Å². The summed E-state index contributed by atoms with van der Waals surface area (Å²) in [6.45, 7) is 0. The molecule has 0 aromatic heterocycles. The van der Waals surface area contributed by atoms with Gasteiger partial charge in [0, 0.05) is 0 Å². The van der Waals surface area contributed by atoms with Gasteiger partial charge in [-0.3, -0.25) is 0 Å². The van der Waals surface area contributed by atoms with Crippen LogP contribution in [0, 0.1) is 5.41 Å². The van der Waals surface area contributed by atoms with Crippen molar-refractivity contribution in [3.05, 3.63) is 238 Å². The molecule has 0 amide bonds. The third-order valence-corrected chi connectivity index (χ3v) is 11.7. The molecule has 0 fully saturated rings. The molecule has 6 aliphatic carbocycles. The van der Waals surface area contributed by atoms with Gasteiger partial charge in [0.2, 0.25) is 0 Å². The van der Waals surface area contributed by atoms with Crippen LogP contribution in [0.5, 0.6) is 0 Å². The van der Waals surface area contributed by atoms with Crippen LogP contribution in [0.1, 0.15) is 44.5 Å². The average molecular weight is 633 g/mol. The van der Waals surface area contributed by atoms with Gasteiger partial charge in [-0.1, -0.05) is 182 Å². The van der Waals surface area contributed by atoms with Gasteiger partial charge in [-0.2, -0.15) is 0 Å². The Morgan fingerprint density at radius 3 is 1.02 bits per heavy atom. The van der Waals surface area contributed by atoms with Crippen molar-refractivity contribution in [1.82, 2.24) is 0 Å². The molecular weight excluding hydrogens is 601 g/mol. The Balaban J connectivity index is 0.000000120. The van der Waals surface area contributed by atoms with Crippen molar-refractivity contribution in [3.63, 3.8) is 0 Å². The summed E-state index contributed by atoms with van der Waals surface area (Å²) in [4.78, 5) is 0. The third kappa shape index (κ3) is 3.45. The minimum Gasteiger partial charge on any atom is -0.0657 e. The molecule has 0 atom stereocenters. The molecule has 0 unspecified atom stereocenters. The summed E-state index contributed by atoms with van der Waals surface area (Å²) in [5, 5.41) is 0. The Morgan fingerprint density at radius 1 is 0.320 bits per heavy atom. The fourth-order valence-electron chi connectivity index (χ4n) is 9.74. The van der Waals surface area contributed by atoms with Crippen LogP contribution in [-0.4, -0.2) is 0 Å². The molecule has 0 aliphatic heterocycles. The van der Waals surface area contributed by atoms with Gasteiger partial charge < -0.3 is 0 Å². The third-order valence-electron chi connectivity index (χ3n) is 11.7. The zero-order valence-corrected chi connectivity index (χ0v) is 27.5. The molecule has 0 heterocycles. The second-order valence-electron chi connectivity index (χ2n) is 14.0. The quantitative estimate of drug-likeness (QED) is 0.156. The summed E-state index contributed by atoms with van der Waals surface area (Å²) in [5.41, 5.74) is 21.6.